The van der Waals surface area contributed by atoms with Crippen molar-refractivity contribution in [3.63, 3.8) is 0 Å². The first-order valence-electron chi connectivity index (χ1n) is 8.86. The smallest absolute Gasteiger partial charge is 0.235 e. The molecule has 0 unspecified atom stereocenters. The van der Waals surface area contributed by atoms with E-state index in [2.05, 4.69) is 15.4 Å². The van der Waals surface area contributed by atoms with Crippen LogP contribution in [-0.2, 0) is 4.79 Å². The van der Waals surface area contributed by atoms with Gasteiger partial charge >= 0.3 is 0 Å². The van der Waals surface area contributed by atoms with Crippen molar-refractivity contribution in [2.24, 2.45) is 0 Å². The molecule has 7 nitrogen and oxygen atoms in total. The van der Waals surface area contributed by atoms with Crippen molar-refractivity contribution in [3.8, 4) is 11.8 Å². The van der Waals surface area contributed by atoms with E-state index >= 15 is 0 Å². The summed E-state index contributed by atoms with van der Waals surface area (Å²) in [5.74, 6) is 0.242. The molecule has 0 aliphatic carbocycles. The highest BCUT2D eigenvalue weighted by molar-refractivity contribution is 8.00. The van der Waals surface area contributed by atoms with Crippen molar-refractivity contribution in [1.82, 2.24) is 14.8 Å². The summed E-state index contributed by atoms with van der Waals surface area (Å²) in [6.45, 7) is 5.00. The molecule has 0 bridgehead atoms. The number of aromatic nitrogens is 3. The molecule has 2 aromatic heterocycles. The maximum absolute atomic E-state index is 12.5. The SMILES string of the molecule is CC(=O)c1cc(C#N)c(SCC(=O)Nc2cc(C)nn2-c2ccccc2)nc1C. The Morgan fingerprint density at radius 1 is 1.21 bits per heavy atom. The number of ketones is 1. The first-order valence-corrected chi connectivity index (χ1v) is 9.85. The molecule has 0 aliphatic heterocycles. The first kappa shape index (κ1) is 20.3. The summed E-state index contributed by atoms with van der Waals surface area (Å²) in [6, 6.07) is 14.9. The van der Waals surface area contributed by atoms with Crippen LogP contribution >= 0.6 is 11.8 Å². The van der Waals surface area contributed by atoms with E-state index in [1.165, 1.54) is 13.0 Å². The summed E-state index contributed by atoms with van der Waals surface area (Å²) in [7, 11) is 0. The van der Waals surface area contributed by atoms with Crippen LogP contribution in [0, 0.1) is 25.2 Å². The molecule has 1 aromatic carbocycles. The second-order valence-electron chi connectivity index (χ2n) is 6.40. The van der Waals surface area contributed by atoms with E-state index in [9.17, 15) is 14.9 Å². The highest BCUT2D eigenvalue weighted by Crippen LogP contribution is 2.24. The Balaban J connectivity index is 1.74. The number of pyridine rings is 1. The maximum Gasteiger partial charge on any atom is 0.235 e. The van der Waals surface area contributed by atoms with E-state index < -0.39 is 0 Å². The third kappa shape index (κ3) is 4.70. The minimum absolute atomic E-state index is 0.0690. The number of rotatable bonds is 6. The number of nitrogens with zero attached hydrogens (tertiary/aromatic N) is 4. The number of Topliss-reactive ketones (excluding diaryl/α,β-unsaturated/α-hetero) is 1. The van der Waals surface area contributed by atoms with Crippen molar-refractivity contribution in [1.29, 1.82) is 5.26 Å². The Morgan fingerprint density at radius 3 is 2.59 bits per heavy atom. The monoisotopic (exact) mass is 405 g/mol. The molecule has 1 N–H and O–H groups in total. The Labute approximate surface area is 172 Å². The summed E-state index contributed by atoms with van der Waals surface area (Å²) in [5.41, 5.74) is 2.85. The van der Waals surface area contributed by atoms with Crippen LogP contribution in [0.3, 0.4) is 0 Å². The number of aryl methyl sites for hydroxylation is 2. The lowest BCUT2D eigenvalue weighted by Gasteiger charge is -2.10. The topological polar surface area (TPSA) is 101 Å². The number of amides is 1. The number of carbonyl (C=O) groups is 2. The van der Waals surface area contributed by atoms with E-state index in [-0.39, 0.29) is 23.0 Å². The van der Waals surface area contributed by atoms with Crippen molar-refractivity contribution < 1.29 is 9.59 Å². The summed E-state index contributed by atoms with van der Waals surface area (Å²) >= 11 is 1.16. The number of para-hydroxylation sites is 1. The first-order chi connectivity index (χ1) is 13.9. The highest BCUT2D eigenvalue weighted by Gasteiger charge is 2.15. The van der Waals surface area contributed by atoms with Gasteiger partial charge < -0.3 is 5.32 Å². The lowest BCUT2D eigenvalue weighted by atomic mass is 10.1. The number of thioether (sulfide) groups is 1. The van der Waals surface area contributed by atoms with Gasteiger partial charge in [-0.2, -0.15) is 10.4 Å². The summed E-state index contributed by atoms with van der Waals surface area (Å²) in [5, 5.41) is 17.1. The number of benzene rings is 1. The second-order valence-corrected chi connectivity index (χ2v) is 7.36. The van der Waals surface area contributed by atoms with Crippen molar-refractivity contribution in [2.45, 2.75) is 25.8 Å². The quantitative estimate of drug-likeness (QED) is 0.496. The van der Waals surface area contributed by atoms with E-state index in [4.69, 9.17) is 0 Å². The molecule has 146 valence electrons. The van der Waals surface area contributed by atoms with Gasteiger partial charge in [-0.05, 0) is 39.0 Å². The molecule has 0 saturated carbocycles. The van der Waals surface area contributed by atoms with Crippen LogP contribution in [0.5, 0.6) is 0 Å². The standard InChI is InChI=1S/C21H19N5O2S/c1-13-9-19(26(25-13)17-7-5-4-6-8-17)24-20(28)12-29-21-16(11-22)10-18(15(3)27)14(2)23-21/h4-10H,12H2,1-3H3,(H,24,28). The number of nitrogens with one attached hydrogen (secondary N) is 1. The van der Waals surface area contributed by atoms with Crippen LogP contribution in [0.1, 0.15) is 34.2 Å². The molecule has 3 aromatic rings. The molecule has 2 heterocycles. The zero-order chi connectivity index (χ0) is 21.0. The molecule has 1 amide bonds. The van der Waals surface area contributed by atoms with Crippen LogP contribution in [0.15, 0.2) is 47.5 Å². The fourth-order valence-corrected chi connectivity index (χ4v) is 3.60. The van der Waals surface area contributed by atoms with Crippen LogP contribution in [0.4, 0.5) is 5.82 Å². The van der Waals surface area contributed by atoms with Crippen LogP contribution < -0.4 is 5.32 Å². The second kappa shape index (κ2) is 8.71. The van der Waals surface area contributed by atoms with Gasteiger partial charge in [-0.3, -0.25) is 9.59 Å². The van der Waals surface area contributed by atoms with Gasteiger partial charge in [-0.1, -0.05) is 30.0 Å². The van der Waals surface area contributed by atoms with E-state index in [0.717, 1.165) is 23.1 Å². The van der Waals surface area contributed by atoms with Gasteiger partial charge in [0, 0.05) is 17.3 Å². The van der Waals surface area contributed by atoms with Crippen LogP contribution in [0.2, 0.25) is 0 Å². The number of nitriles is 1. The van der Waals surface area contributed by atoms with Gasteiger partial charge in [0.2, 0.25) is 5.91 Å². The molecule has 0 aliphatic rings. The lowest BCUT2D eigenvalue weighted by Crippen LogP contribution is -2.17. The van der Waals surface area contributed by atoms with Crippen LogP contribution in [-0.4, -0.2) is 32.2 Å². The molecule has 0 fully saturated rings. The number of hydrogen-bond donors (Lipinski definition) is 1. The average molecular weight is 405 g/mol. The number of carbonyl (C=O) groups excluding carboxylic acids is 2. The predicted molar refractivity (Wildman–Crippen MR) is 111 cm³/mol. The summed E-state index contributed by atoms with van der Waals surface area (Å²) < 4.78 is 1.67. The Bertz CT molecular complexity index is 1120. The number of hydrogen-bond acceptors (Lipinski definition) is 6. The molecule has 0 spiro atoms. The largest absolute Gasteiger partial charge is 0.310 e. The fraction of sp³-hybridized carbons (Fsp3) is 0.190. The van der Waals surface area contributed by atoms with Gasteiger partial charge in [-0.15, -0.1) is 0 Å². The minimum Gasteiger partial charge on any atom is -0.310 e. The summed E-state index contributed by atoms with van der Waals surface area (Å²) in [6.07, 6.45) is 0. The Hall–Kier alpha value is -3.44. The van der Waals surface area contributed by atoms with Crippen LogP contribution in [0.25, 0.3) is 5.69 Å². The van der Waals surface area contributed by atoms with Crippen molar-refractivity contribution in [2.75, 3.05) is 11.1 Å². The molecular weight excluding hydrogens is 386 g/mol. The minimum atomic E-state index is -0.244. The third-order valence-corrected chi connectivity index (χ3v) is 5.11. The number of anilines is 1. The molecule has 0 saturated heterocycles. The molecule has 8 heteroatoms. The van der Waals surface area contributed by atoms with Gasteiger partial charge in [-0.25, -0.2) is 9.67 Å². The Morgan fingerprint density at radius 2 is 1.93 bits per heavy atom. The van der Waals surface area contributed by atoms with E-state index in [0.29, 0.717) is 22.1 Å². The van der Waals surface area contributed by atoms with Crippen molar-refractivity contribution in [3.05, 3.63) is 65.0 Å². The van der Waals surface area contributed by atoms with Gasteiger partial charge in [0.15, 0.2) is 5.78 Å². The van der Waals surface area contributed by atoms with Gasteiger partial charge in [0.05, 0.1) is 22.7 Å². The third-order valence-electron chi connectivity index (χ3n) is 4.12. The molecular formula is C21H19N5O2S. The van der Waals surface area contributed by atoms with Crippen molar-refractivity contribution >= 4 is 29.3 Å². The molecule has 29 heavy (non-hydrogen) atoms. The highest BCUT2D eigenvalue weighted by atomic mass is 32.2. The summed E-state index contributed by atoms with van der Waals surface area (Å²) in [4.78, 5) is 28.5. The normalized spacial score (nSPS) is 10.4. The molecule has 3 rings (SSSR count). The van der Waals surface area contributed by atoms with Gasteiger partial charge in [0.25, 0.3) is 0 Å². The average Bonchev–Trinajstić information content (AvgIpc) is 3.06. The molecule has 0 atom stereocenters. The lowest BCUT2D eigenvalue weighted by molar-refractivity contribution is -0.113. The zero-order valence-corrected chi connectivity index (χ0v) is 17.1. The predicted octanol–water partition coefficient (Wildman–Crippen LogP) is 3.69. The van der Waals surface area contributed by atoms with Gasteiger partial charge in [0.1, 0.15) is 16.9 Å². The van der Waals surface area contributed by atoms with E-state index in [1.807, 2.05) is 43.3 Å². The molecule has 0 radical (unpaired) electrons. The zero-order valence-electron chi connectivity index (χ0n) is 16.3. The fourth-order valence-electron chi connectivity index (χ4n) is 2.80. The maximum atomic E-state index is 12.5. The Kier molecular flexibility index (Phi) is 6.10. The van der Waals surface area contributed by atoms with E-state index in [1.54, 1.807) is 17.7 Å².